The summed E-state index contributed by atoms with van der Waals surface area (Å²) in [5.41, 5.74) is 0.497. The first kappa shape index (κ1) is 13.8. The van der Waals surface area contributed by atoms with Gasteiger partial charge in [0.1, 0.15) is 5.76 Å². The number of hydrogen-bond donors (Lipinski definition) is 1. The second-order valence-electron chi connectivity index (χ2n) is 4.22. The maximum absolute atomic E-state index is 13.9. The minimum absolute atomic E-state index is 0.0439. The van der Waals surface area contributed by atoms with Gasteiger partial charge in [0.25, 0.3) is 0 Å². The minimum Gasteiger partial charge on any atom is -0.458 e. The highest BCUT2D eigenvalue weighted by molar-refractivity contribution is 9.10. The maximum atomic E-state index is 13.9. The Morgan fingerprint density at radius 3 is 2.89 bits per heavy atom. The van der Waals surface area contributed by atoms with Gasteiger partial charge in [0.2, 0.25) is 0 Å². The third kappa shape index (κ3) is 2.56. The molecule has 0 aliphatic rings. The topological polar surface area (TPSA) is 25.2 Å². The second-order valence-corrected chi connectivity index (χ2v) is 5.48. The smallest absolute Gasteiger partial charge is 0.152 e. The Kier molecular flexibility index (Phi) is 4.30. The summed E-state index contributed by atoms with van der Waals surface area (Å²) in [7, 11) is 0. The number of fused-ring (bicyclic) bond motifs is 1. The lowest BCUT2D eigenvalue weighted by Gasteiger charge is -2.09. The molecule has 0 saturated heterocycles. The van der Waals surface area contributed by atoms with Crippen LogP contribution in [-0.2, 0) is 0 Å². The number of hydrogen-bond acceptors (Lipinski definition) is 2. The molecule has 1 aromatic carbocycles. The van der Waals surface area contributed by atoms with Crippen molar-refractivity contribution in [3.05, 3.63) is 33.2 Å². The Morgan fingerprint density at radius 2 is 2.22 bits per heavy atom. The van der Waals surface area contributed by atoms with Gasteiger partial charge < -0.3 is 9.73 Å². The van der Waals surface area contributed by atoms with Crippen molar-refractivity contribution in [1.82, 2.24) is 5.32 Å². The molecular weight excluding hydrogens is 321 g/mol. The average molecular weight is 335 g/mol. The molecule has 5 heteroatoms. The molecular formula is C13H14BrClFNO. The summed E-state index contributed by atoms with van der Waals surface area (Å²) < 4.78 is 20.2. The predicted octanol–water partition coefficient (Wildman–Crippen LogP) is 5.05. The van der Waals surface area contributed by atoms with Crippen LogP contribution in [0.3, 0.4) is 0 Å². The molecule has 0 radical (unpaired) electrons. The fourth-order valence-electron chi connectivity index (χ4n) is 1.79. The van der Waals surface area contributed by atoms with E-state index in [0.717, 1.165) is 13.0 Å². The van der Waals surface area contributed by atoms with Crippen molar-refractivity contribution in [3.8, 4) is 0 Å². The van der Waals surface area contributed by atoms with Crippen molar-refractivity contribution in [2.24, 2.45) is 0 Å². The molecule has 2 aromatic rings. The van der Waals surface area contributed by atoms with Crippen LogP contribution in [0.5, 0.6) is 0 Å². The Balaban J connectivity index is 2.44. The molecule has 0 aliphatic carbocycles. The third-order valence-corrected chi connectivity index (χ3v) is 3.66. The number of nitrogens with one attached hydrogen (secondary N) is 1. The van der Waals surface area contributed by atoms with Gasteiger partial charge in [-0.1, -0.05) is 18.5 Å². The van der Waals surface area contributed by atoms with Gasteiger partial charge in [-0.15, -0.1) is 0 Å². The lowest BCUT2D eigenvalue weighted by atomic mass is 10.2. The largest absolute Gasteiger partial charge is 0.458 e. The van der Waals surface area contributed by atoms with E-state index >= 15 is 0 Å². The number of benzene rings is 1. The summed E-state index contributed by atoms with van der Waals surface area (Å²) in [5.74, 6) is 0.271. The van der Waals surface area contributed by atoms with Crippen LogP contribution in [-0.4, -0.2) is 6.54 Å². The highest BCUT2D eigenvalue weighted by atomic mass is 79.9. The monoisotopic (exact) mass is 333 g/mol. The van der Waals surface area contributed by atoms with Gasteiger partial charge in [-0.2, -0.15) is 0 Å². The molecule has 1 atom stereocenters. The molecule has 18 heavy (non-hydrogen) atoms. The van der Waals surface area contributed by atoms with E-state index in [9.17, 15) is 4.39 Å². The molecule has 0 amide bonds. The maximum Gasteiger partial charge on any atom is 0.152 e. The molecule has 1 aromatic heterocycles. The number of halogens is 3. The highest BCUT2D eigenvalue weighted by Crippen LogP contribution is 2.35. The van der Waals surface area contributed by atoms with Crippen molar-refractivity contribution in [2.45, 2.75) is 26.3 Å². The number of furan rings is 1. The first-order valence-corrected chi connectivity index (χ1v) is 7.02. The zero-order valence-electron chi connectivity index (χ0n) is 10.2. The first-order chi connectivity index (χ1) is 8.54. The van der Waals surface area contributed by atoms with E-state index in [1.807, 2.05) is 6.92 Å². The minimum atomic E-state index is -0.437. The predicted molar refractivity (Wildman–Crippen MR) is 75.6 cm³/mol. The van der Waals surface area contributed by atoms with Crippen LogP contribution in [0.15, 0.2) is 21.0 Å². The van der Waals surface area contributed by atoms with E-state index in [1.165, 1.54) is 6.07 Å². The lowest BCUT2D eigenvalue weighted by molar-refractivity contribution is 0.451. The molecule has 0 spiro atoms. The normalized spacial score (nSPS) is 13.2. The van der Waals surface area contributed by atoms with Crippen molar-refractivity contribution >= 4 is 38.5 Å². The van der Waals surface area contributed by atoms with Crippen molar-refractivity contribution in [2.75, 3.05) is 6.54 Å². The molecule has 1 unspecified atom stereocenters. The van der Waals surface area contributed by atoms with Gasteiger partial charge in [-0.3, -0.25) is 0 Å². The zero-order chi connectivity index (χ0) is 13.3. The van der Waals surface area contributed by atoms with Gasteiger partial charge in [0.15, 0.2) is 11.4 Å². The number of rotatable bonds is 4. The summed E-state index contributed by atoms with van der Waals surface area (Å²) in [6.07, 6.45) is 1.04. The van der Waals surface area contributed by atoms with Crippen LogP contribution in [0.25, 0.3) is 11.0 Å². The Hall–Kier alpha value is -0.580. The van der Waals surface area contributed by atoms with Crippen molar-refractivity contribution in [1.29, 1.82) is 0 Å². The quantitative estimate of drug-likeness (QED) is 0.792. The zero-order valence-corrected chi connectivity index (χ0v) is 12.5. The van der Waals surface area contributed by atoms with Crippen LogP contribution in [0, 0.1) is 5.82 Å². The highest BCUT2D eigenvalue weighted by Gasteiger charge is 2.17. The van der Waals surface area contributed by atoms with Crippen molar-refractivity contribution in [3.63, 3.8) is 0 Å². The van der Waals surface area contributed by atoms with Crippen LogP contribution >= 0.6 is 27.5 Å². The summed E-state index contributed by atoms with van der Waals surface area (Å²) in [5, 5.41) is 3.80. The lowest BCUT2D eigenvalue weighted by Crippen LogP contribution is -2.18. The molecule has 2 rings (SSSR count). The standard InChI is InChI=1S/C13H14BrClFNO/c1-3-4-17-7(2)11-5-8-12(16)10(15)6-9(14)13(8)18-11/h5-7,17H,3-4H2,1-2H3. The second kappa shape index (κ2) is 5.59. The molecule has 1 heterocycles. The summed E-state index contributed by atoms with van der Waals surface area (Å²) in [6.45, 7) is 4.97. The molecule has 0 aliphatic heterocycles. The molecule has 0 fully saturated rings. The van der Waals surface area contributed by atoms with Gasteiger partial charge in [0.05, 0.1) is 20.9 Å². The van der Waals surface area contributed by atoms with E-state index in [-0.39, 0.29) is 11.1 Å². The Morgan fingerprint density at radius 1 is 1.50 bits per heavy atom. The summed E-state index contributed by atoms with van der Waals surface area (Å²) in [6, 6.07) is 3.26. The van der Waals surface area contributed by atoms with Gasteiger partial charge in [-0.25, -0.2) is 4.39 Å². The van der Waals surface area contributed by atoms with Crippen LogP contribution in [0.2, 0.25) is 5.02 Å². The van der Waals surface area contributed by atoms with E-state index in [2.05, 4.69) is 28.2 Å². The summed E-state index contributed by atoms with van der Waals surface area (Å²) in [4.78, 5) is 0. The summed E-state index contributed by atoms with van der Waals surface area (Å²) >= 11 is 9.13. The van der Waals surface area contributed by atoms with Crippen LogP contribution in [0.1, 0.15) is 32.1 Å². The third-order valence-electron chi connectivity index (χ3n) is 2.79. The molecule has 2 nitrogen and oxygen atoms in total. The van der Waals surface area contributed by atoms with Crippen LogP contribution in [0.4, 0.5) is 4.39 Å². The van der Waals surface area contributed by atoms with E-state index in [0.29, 0.717) is 21.2 Å². The fraction of sp³-hybridized carbons (Fsp3) is 0.385. The van der Waals surface area contributed by atoms with E-state index in [4.69, 9.17) is 16.0 Å². The Labute approximate surface area is 119 Å². The van der Waals surface area contributed by atoms with E-state index < -0.39 is 5.82 Å². The first-order valence-electron chi connectivity index (χ1n) is 5.85. The average Bonchev–Trinajstić information content (AvgIpc) is 2.79. The van der Waals surface area contributed by atoms with Gasteiger partial charge in [0, 0.05) is 0 Å². The molecule has 1 N–H and O–H groups in total. The molecule has 0 bridgehead atoms. The van der Waals surface area contributed by atoms with Gasteiger partial charge >= 0.3 is 0 Å². The molecule has 98 valence electrons. The van der Waals surface area contributed by atoms with Crippen LogP contribution < -0.4 is 5.32 Å². The molecule has 0 saturated carbocycles. The van der Waals surface area contributed by atoms with E-state index in [1.54, 1.807) is 6.07 Å². The van der Waals surface area contributed by atoms with Gasteiger partial charge in [-0.05, 0) is 48.0 Å². The van der Waals surface area contributed by atoms with Crippen molar-refractivity contribution < 1.29 is 8.81 Å². The Bertz CT molecular complexity index is 570. The fourth-order valence-corrected chi connectivity index (χ4v) is 2.66. The SMILES string of the molecule is CCCNC(C)c1cc2c(F)c(Cl)cc(Br)c2o1.